The van der Waals surface area contributed by atoms with Crippen LogP contribution >= 0.6 is 0 Å². The number of hydrogen-bond donors (Lipinski definition) is 2. The Morgan fingerprint density at radius 2 is 1.74 bits per heavy atom. The van der Waals surface area contributed by atoms with Crippen LogP contribution in [0.4, 0.5) is 17.1 Å². The molecule has 1 aliphatic heterocycles. The number of carbonyl (C=O) groups is 2. The average molecular weight is 538 g/mol. The van der Waals surface area contributed by atoms with Gasteiger partial charge in [-0.25, -0.2) is 13.2 Å². The first-order valence-corrected chi connectivity index (χ1v) is 12.3. The normalized spacial score (nSPS) is 12.1. The maximum Gasteiger partial charge on any atom is 0.338 e. The van der Waals surface area contributed by atoms with Crippen LogP contribution in [0, 0.1) is 21.4 Å². The molecule has 0 aliphatic carbocycles. The number of esters is 1. The van der Waals surface area contributed by atoms with E-state index in [2.05, 4.69) is 10.0 Å². The van der Waals surface area contributed by atoms with Gasteiger partial charge in [0.15, 0.2) is 18.1 Å². The maximum atomic E-state index is 12.7. The third-order valence-electron chi connectivity index (χ3n) is 5.14. The molecule has 0 radical (unpaired) electrons. The number of nitriles is 1. The molecule has 0 fully saturated rings. The first kappa shape index (κ1) is 25.9. The summed E-state index contributed by atoms with van der Waals surface area (Å²) in [6.07, 6.45) is 0. The zero-order valence-corrected chi connectivity index (χ0v) is 20.2. The lowest BCUT2D eigenvalue weighted by atomic mass is 10.1. The Balaban J connectivity index is 1.34. The van der Waals surface area contributed by atoms with Crippen LogP contribution < -0.4 is 19.5 Å². The number of hydrogen-bond acceptors (Lipinski definition) is 10. The van der Waals surface area contributed by atoms with Crippen molar-refractivity contribution in [3.63, 3.8) is 0 Å². The summed E-state index contributed by atoms with van der Waals surface area (Å²) in [5.74, 6) is -0.859. The van der Waals surface area contributed by atoms with Crippen LogP contribution in [0.2, 0.25) is 0 Å². The fraction of sp³-hybridized carbons (Fsp3) is 0.125. The summed E-state index contributed by atoms with van der Waals surface area (Å²) in [5, 5.41) is 22.3. The van der Waals surface area contributed by atoms with Crippen molar-refractivity contribution in [3.05, 3.63) is 81.9 Å². The van der Waals surface area contributed by atoms with E-state index in [9.17, 15) is 28.1 Å². The van der Waals surface area contributed by atoms with E-state index in [1.807, 2.05) is 0 Å². The number of ether oxygens (including phenoxy) is 3. The Kier molecular flexibility index (Phi) is 7.40. The number of nitro groups is 1. The van der Waals surface area contributed by atoms with Gasteiger partial charge in [-0.15, -0.1) is 0 Å². The third kappa shape index (κ3) is 5.97. The Morgan fingerprint density at radius 1 is 1.03 bits per heavy atom. The number of benzene rings is 3. The maximum absolute atomic E-state index is 12.7. The molecule has 3 aromatic rings. The van der Waals surface area contributed by atoms with Gasteiger partial charge < -0.3 is 19.5 Å². The van der Waals surface area contributed by atoms with Crippen molar-refractivity contribution in [1.82, 2.24) is 0 Å². The molecule has 38 heavy (non-hydrogen) atoms. The van der Waals surface area contributed by atoms with E-state index in [4.69, 9.17) is 19.5 Å². The second kappa shape index (κ2) is 10.8. The van der Waals surface area contributed by atoms with Gasteiger partial charge in [0, 0.05) is 23.9 Å². The van der Waals surface area contributed by atoms with Crippen molar-refractivity contribution >= 4 is 39.0 Å². The molecule has 1 heterocycles. The summed E-state index contributed by atoms with van der Waals surface area (Å²) in [7, 11) is -3.96. The van der Waals surface area contributed by atoms with Gasteiger partial charge in [0.05, 0.1) is 26.6 Å². The van der Waals surface area contributed by atoms with Crippen LogP contribution in [0.1, 0.15) is 15.9 Å². The highest BCUT2D eigenvalue weighted by Crippen LogP contribution is 2.32. The fourth-order valence-corrected chi connectivity index (χ4v) is 4.40. The zero-order valence-electron chi connectivity index (χ0n) is 19.4. The number of carbonyl (C=O) groups excluding carboxylic acids is 2. The van der Waals surface area contributed by atoms with E-state index in [0.29, 0.717) is 24.7 Å². The molecule has 0 saturated carbocycles. The van der Waals surface area contributed by atoms with Gasteiger partial charge in [0.1, 0.15) is 19.3 Å². The van der Waals surface area contributed by atoms with Crippen molar-refractivity contribution in [1.29, 1.82) is 5.26 Å². The first-order chi connectivity index (χ1) is 18.2. The number of non-ortho nitro benzene ring substituents is 1. The van der Waals surface area contributed by atoms with Crippen LogP contribution in [0.15, 0.2) is 65.6 Å². The minimum atomic E-state index is -3.96. The first-order valence-electron chi connectivity index (χ1n) is 10.8. The van der Waals surface area contributed by atoms with Gasteiger partial charge in [-0.1, -0.05) is 0 Å². The summed E-state index contributed by atoms with van der Waals surface area (Å²) in [6, 6.07) is 14.6. The Labute approximate surface area is 215 Å². The predicted octanol–water partition coefficient (Wildman–Crippen LogP) is 2.83. The fourth-order valence-electron chi connectivity index (χ4n) is 3.33. The van der Waals surface area contributed by atoms with Gasteiger partial charge in [0.2, 0.25) is 0 Å². The van der Waals surface area contributed by atoms with E-state index in [-0.39, 0.29) is 33.1 Å². The summed E-state index contributed by atoms with van der Waals surface area (Å²) in [4.78, 5) is 34.6. The van der Waals surface area contributed by atoms with Crippen LogP contribution in [0.25, 0.3) is 0 Å². The van der Waals surface area contributed by atoms with E-state index in [1.165, 1.54) is 48.5 Å². The monoisotopic (exact) mass is 538 g/mol. The molecule has 1 aliphatic rings. The van der Waals surface area contributed by atoms with Crippen molar-refractivity contribution in [3.8, 4) is 17.6 Å². The van der Waals surface area contributed by atoms with Crippen LogP contribution in [0.5, 0.6) is 11.5 Å². The highest BCUT2D eigenvalue weighted by atomic mass is 32.2. The SMILES string of the molecule is N#Cc1cc([N+](=O)[O-])ccc1NC(=O)COC(=O)c1ccc(NS(=O)(=O)c2ccc3c(c2)OCCO3)cc1. The van der Waals surface area contributed by atoms with Crippen molar-refractivity contribution < 1.29 is 37.1 Å². The highest BCUT2D eigenvalue weighted by Gasteiger charge is 2.20. The predicted molar refractivity (Wildman–Crippen MR) is 131 cm³/mol. The molecule has 1 amide bonds. The number of nitro benzene ring substituents is 1. The molecule has 2 N–H and O–H groups in total. The number of amides is 1. The molecule has 194 valence electrons. The van der Waals surface area contributed by atoms with Crippen LogP contribution in [-0.4, -0.2) is 45.0 Å². The molecule has 3 aromatic carbocycles. The molecule has 0 spiro atoms. The molecule has 0 bridgehead atoms. The summed E-state index contributed by atoms with van der Waals surface area (Å²) >= 11 is 0. The topological polar surface area (TPSA) is 187 Å². The summed E-state index contributed by atoms with van der Waals surface area (Å²) < 4.78 is 43.6. The molecular weight excluding hydrogens is 520 g/mol. The van der Waals surface area contributed by atoms with E-state index in [1.54, 1.807) is 6.07 Å². The number of nitrogens with zero attached hydrogens (tertiary/aromatic N) is 2. The number of anilines is 2. The lowest BCUT2D eigenvalue weighted by Gasteiger charge is -2.19. The molecule has 0 atom stereocenters. The van der Waals surface area contributed by atoms with Gasteiger partial charge in [-0.3, -0.25) is 19.6 Å². The average Bonchev–Trinajstić information content (AvgIpc) is 2.91. The second-order valence-electron chi connectivity index (χ2n) is 7.71. The van der Waals surface area contributed by atoms with Crippen LogP contribution in [0.3, 0.4) is 0 Å². The number of fused-ring (bicyclic) bond motifs is 1. The molecule has 13 nitrogen and oxygen atoms in total. The zero-order chi connectivity index (χ0) is 27.3. The minimum Gasteiger partial charge on any atom is -0.486 e. The number of nitrogens with one attached hydrogen (secondary N) is 2. The lowest BCUT2D eigenvalue weighted by Crippen LogP contribution is -2.21. The van der Waals surface area contributed by atoms with Crippen molar-refractivity contribution in [2.24, 2.45) is 0 Å². The van der Waals surface area contributed by atoms with Crippen molar-refractivity contribution in [2.75, 3.05) is 29.9 Å². The largest absolute Gasteiger partial charge is 0.486 e. The number of rotatable bonds is 8. The summed E-state index contributed by atoms with van der Waals surface area (Å²) in [6.45, 7) is -0.0149. The molecule has 0 saturated heterocycles. The molecule has 4 rings (SSSR count). The molecule has 0 unspecified atom stereocenters. The van der Waals surface area contributed by atoms with Gasteiger partial charge in [0.25, 0.3) is 21.6 Å². The molecule has 0 aromatic heterocycles. The standard InChI is InChI=1S/C24H18N4O9S/c25-13-16-11-18(28(31)32)5-7-20(16)26-23(29)14-37-24(30)15-1-3-17(4-2-15)27-38(33,34)19-6-8-21-22(12-19)36-10-9-35-21/h1-8,11-12,27H,9-10,14H2,(H,26,29). The van der Waals surface area contributed by atoms with E-state index >= 15 is 0 Å². The molecule has 14 heteroatoms. The second-order valence-corrected chi connectivity index (χ2v) is 9.39. The quantitative estimate of drug-likeness (QED) is 0.245. The van der Waals surface area contributed by atoms with Crippen molar-refractivity contribution in [2.45, 2.75) is 4.90 Å². The Hall–Kier alpha value is -5.16. The highest BCUT2D eigenvalue weighted by molar-refractivity contribution is 7.92. The Morgan fingerprint density at radius 3 is 2.42 bits per heavy atom. The summed E-state index contributed by atoms with van der Waals surface area (Å²) in [5.41, 5.74) is -0.200. The molecular formula is C24H18N4O9S. The number of sulfonamides is 1. The van der Waals surface area contributed by atoms with Crippen LogP contribution in [-0.2, 0) is 19.6 Å². The Bertz CT molecular complexity index is 1560. The third-order valence-corrected chi connectivity index (χ3v) is 6.52. The minimum absolute atomic E-state index is 0.0220. The van der Waals surface area contributed by atoms with Gasteiger partial charge >= 0.3 is 5.97 Å². The lowest BCUT2D eigenvalue weighted by molar-refractivity contribution is -0.384. The van der Waals surface area contributed by atoms with E-state index < -0.39 is 33.4 Å². The van der Waals surface area contributed by atoms with E-state index in [0.717, 1.165) is 12.1 Å². The van der Waals surface area contributed by atoms with Gasteiger partial charge in [-0.2, -0.15) is 5.26 Å². The van der Waals surface area contributed by atoms with Gasteiger partial charge in [-0.05, 0) is 42.5 Å². The smallest absolute Gasteiger partial charge is 0.338 e.